The highest BCUT2D eigenvalue weighted by molar-refractivity contribution is 7.80. The second-order valence-corrected chi connectivity index (χ2v) is 6.22. The molecule has 0 radical (unpaired) electrons. The van der Waals surface area contributed by atoms with Crippen LogP contribution < -0.4 is 4.90 Å². The lowest BCUT2D eigenvalue weighted by Crippen LogP contribution is -2.27. The number of benzene rings is 1. The second kappa shape index (κ2) is 6.08. The maximum atomic E-state index is 12.1. The Kier molecular flexibility index (Phi) is 4.20. The molecule has 0 N–H and O–H groups in total. The van der Waals surface area contributed by atoms with Crippen LogP contribution in [0.4, 0.5) is 5.69 Å². The Morgan fingerprint density at radius 1 is 1.20 bits per heavy atom. The smallest absolute Gasteiger partial charge is 0.223 e. The van der Waals surface area contributed by atoms with Gasteiger partial charge in [0.25, 0.3) is 0 Å². The van der Waals surface area contributed by atoms with Crippen LogP contribution in [0, 0.1) is 5.92 Å². The molecule has 0 aliphatic carbocycles. The minimum absolute atomic E-state index is 0.278. The monoisotopic (exact) mass is 290 g/mol. The van der Waals surface area contributed by atoms with Crippen molar-refractivity contribution in [2.75, 3.05) is 30.3 Å². The first-order valence-electron chi connectivity index (χ1n) is 7.49. The van der Waals surface area contributed by atoms with Gasteiger partial charge in [0, 0.05) is 38.3 Å². The predicted molar refractivity (Wildman–Crippen MR) is 85.3 cm³/mol. The highest BCUT2D eigenvalue weighted by Gasteiger charge is 2.29. The summed E-state index contributed by atoms with van der Waals surface area (Å²) in [5.74, 6) is 1.50. The molecule has 0 bridgehead atoms. The van der Waals surface area contributed by atoms with Gasteiger partial charge in [-0.1, -0.05) is 18.2 Å². The summed E-state index contributed by atoms with van der Waals surface area (Å²) >= 11 is 4.33. The minimum Gasteiger partial charge on any atom is -0.371 e. The van der Waals surface area contributed by atoms with Crippen LogP contribution in [0.2, 0.25) is 0 Å². The molecule has 1 aromatic rings. The summed E-state index contributed by atoms with van der Waals surface area (Å²) in [6, 6.07) is 8.53. The van der Waals surface area contributed by atoms with E-state index in [-0.39, 0.29) is 5.91 Å². The van der Waals surface area contributed by atoms with Gasteiger partial charge < -0.3 is 9.80 Å². The summed E-state index contributed by atoms with van der Waals surface area (Å²) in [6.07, 6.45) is 3.22. The quantitative estimate of drug-likeness (QED) is 0.862. The molecule has 3 nitrogen and oxygen atoms in total. The number of likely N-dealkylation sites (tertiary alicyclic amines) is 1. The SMILES string of the molecule is O=C1CC(CS)CN1Cc1ccccc1N1CCCC1. The van der Waals surface area contributed by atoms with Gasteiger partial charge in [0.1, 0.15) is 0 Å². The molecule has 20 heavy (non-hydrogen) atoms. The van der Waals surface area contributed by atoms with Gasteiger partial charge >= 0.3 is 0 Å². The van der Waals surface area contributed by atoms with Crippen molar-refractivity contribution in [3.63, 3.8) is 0 Å². The van der Waals surface area contributed by atoms with E-state index in [4.69, 9.17) is 0 Å². The van der Waals surface area contributed by atoms with Crippen LogP contribution in [-0.4, -0.2) is 36.2 Å². The Labute approximate surface area is 126 Å². The summed E-state index contributed by atoms with van der Waals surface area (Å²) in [7, 11) is 0. The van der Waals surface area contributed by atoms with Crippen LogP contribution >= 0.6 is 12.6 Å². The van der Waals surface area contributed by atoms with Crippen molar-refractivity contribution in [2.24, 2.45) is 5.92 Å². The first-order valence-corrected chi connectivity index (χ1v) is 8.12. The first-order chi connectivity index (χ1) is 9.78. The van der Waals surface area contributed by atoms with Gasteiger partial charge in [-0.05, 0) is 36.1 Å². The van der Waals surface area contributed by atoms with Crippen LogP contribution in [-0.2, 0) is 11.3 Å². The number of anilines is 1. The van der Waals surface area contributed by atoms with E-state index in [2.05, 4.69) is 41.8 Å². The molecular weight excluding hydrogens is 268 g/mol. The molecule has 2 aliphatic rings. The van der Waals surface area contributed by atoms with Crippen LogP contribution in [0.25, 0.3) is 0 Å². The highest BCUT2D eigenvalue weighted by Crippen LogP contribution is 2.28. The second-order valence-electron chi connectivity index (χ2n) is 5.85. The van der Waals surface area contributed by atoms with Gasteiger partial charge in [-0.15, -0.1) is 0 Å². The molecule has 2 aliphatic heterocycles. The number of amides is 1. The molecule has 2 heterocycles. The van der Waals surface area contributed by atoms with E-state index in [1.807, 2.05) is 4.90 Å². The van der Waals surface area contributed by atoms with Crippen LogP contribution in [0.3, 0.4) is 0 Å². The van der Waals surface area contributed by atoms with Gasteiger partial charge in [-0.3, -0.25) is 4.79 Å². The van der Waals surface area contributed by atoms with Crippen molar-refractivity contribution in [1.29, 1.82) is 0 Å². The van der Waals surface area contributed by atoms with Gasteiger partial charge in [0.15, 0.2) is 0 Å². The average molecular weight is 290 g/mol. The minimum atomic E-state index is 0.278. The number of carbonyl (C=O) groups excluding carboxylic acids is 1. The lowest BCUT2D eigenvalue weighted by Gasteiger charge is -2.24. The fraction of sp³-hybridized carbons (Fsp3) is 0.562. The number of rotatable bonds is 4. The van der Waals surface area contributed by atoms with Crippen molar-refractivity contribution < 1.29 is 4.79 Å². The van der Waals surface area contributed by atoms with Crippen LogP contribution in [0.15, 0.2) is 24.3 Å². The van der Waals surface area contributed by atoms with Crippen molar-refractivity contribution in [3.05, 3.63) is 29.8 Å². The first kappa shape index (κ1) is 13.8. The average Bonchev–Trinajstić information content (AvgIpc) is 3.10. The van der Waals surface area contributed by atoms with E-state index in [9.17, 15) is 4.79 Å². The van der Waals surface area contributed by atoms with Gasteiger partial charge in [0.05, 0.1) is 0 Å². The normalized spacial score (nSPS) is 22.9. The summed E-state index contributed by atoms with van der Waals surface area (Å²) in [6.45, 7) is 3.89. The zero-order chi connectivity index (χ0) is 13.9. The molecule has 2 fully saturated rings. The molecule has 0 saturated carbocycles. The molecule has 1 unspecified atom stereocenters. The van der Waals surface area contributed by atoms with E-state index in [0.717, 1.165) is 31.9 Å². The predicted octanol–water partition coefficient (Wildman–Crippen LogP) is 2.57. The van der Waals surface area contributed by atoms with Crippen LogP contribution in [0.5, 0.6) is 0 Å². The molecule has 2 saturated heterocycles. The lowest BCUT2D eigenvalue weighted by molar-refractivity contribution is -0.128. The molecule has 4 heteroatoms. The van der Waals surface area contributed by atoms with Crippen molar-refractivity contribution in [2.45, 2.75) is 25.8 Å². The van der Waals surface area contributed by atoms with Gasteiger partial charge in [-0.2, -0.15) is 12.6 Å². The molecule has 1 amide bonds. The largest absolute Gasteiger partial charge is 0.371 e. The van der Waals surface area contributed by atoms with E-state index in [0.29, 0.717) is 12.3 Å². The van der Waals surface area contributed by atoms with E-state index in [1.165, 1.54) is 24.1 Å². The molecule has 1 atom stereocenters. The fourth-order valence-electron chi connectivity index (χ4n) is 3.25. The molecule has 108 valence electrons. The van der Waals surface area contributed by atoms with Crippen LogP contribution in [0.1, 0.15) is 24.8 Å². The third kappa shape index (κ3) is 2.80. The van der Waals surface area contributed by atoms with Gasteiger partial charge in [-0.25, -0.2) is 0 Å². The highest BCUT2D eigenvalue weighted by atomic mass is 32.1. The maximum Gasteiger partial charge on any atom is 0.223 e. The molecule has 3 rings (SSSR count). The zero-order valence-electron chi connectivity index (χ0n) is 11.8. The Hall–Kier alpha value is -1.16. The maximum absolute atomic E-state index is 12.1. The zero-order valence-corrected chi connectivity index (χ0v) is 12.7. The standard InChI is InChI=1S/C16H22N2OS/c19-16-9-13(12-20)10-18(16)11-14-5-1-2-6-15(14)17-7-3-4-8-17/h1-2,5-6,13,20H,3-4,7-12H2. The van der Waals surface area contributed by atoms with Crippen molar-refractivity contribution in [3.8, 4) is 0 Å². The summed E-state index contributed by atoms with van der Waals surface area (Å²) in [5, 5.41) is 0. The Morgan fingerprint density at radius 2 is 1.95 bits per heavy atom. The van der Waals surface area contributed by atoms with E-state index < -0.39 is 0 Å². The lowest BCUT2D eigenvalue weighted by atomic mass is 10.1. The third-order valence-corrected chi connectivity index (χ3v) is 4.87. The van der Waals surface area contributed by atoms with Gasteiger partial charge in [0.2, 0.25) is 5.91 Å². The fourth-order valence-corrected chi connectivity index (χ4v) is 3.49. The summed E-state index contributed by atoms with van der Waals surface area (Å²) < 4.78 is 0. The number of nitrogens with zero attached hydrogens (tertiary/aromatic N) is 2. The Bertz CT molecular complexity index is 485. The number of para-hydroxylation sites is 1. The summed E-state index contributed by atoms with van der Waals surface area (Å²) in [5.41, 5.74) is 2.59. The summed E-state index contributed by atoms with van der Waals surface area (Å²) in [4.78, 5) is 16.5. The number of hydrogen-bond acceptors (Lipinski definition) is 3. The number of thiol groups is 1. The third-order valence-electron chi connectivity index (χ3n) is 4.35. The van der Waals surface area contributed by atoms with E-state index >= 15 is 0 Å². The Morgan fingerprint density at radius 3 is 2.65 bits per heavy atom. The van der Waals surface area contributed by atoms with E-state index in [1.54, 1.807) is 0 Å². The number of hydrogen-bond donors (Lipinski definition) is 1. The van der Waals surface area contributed by atoms with Crippen molar-refractivity contribution in [1.82, 2.24) is 4.90 Å². The molecule has 0 spiro atoms. The van der Waals surface area contributed by atoms with Crippen molar-refractivity contribution >= 4 is 24.2 Å². The number of carbonyl (C=O) groups is 1. The molecule has 0 aromatic heterocycles. The Balaban J connectivity index is 1.75. The molecule has 1 aromatic carbocycles. The topological polar surface area (TPSA) is 23.6 Å². The molecular formula is C16H22N2OS.